The average Bonchev–Trinajstić information content (AvgIpc) is 3.04. The van der Waals surface area contributed by atoms with E-state index in [1.807, 2.05) is 29.9 Å². The van der Waals surface area contributed by atoms with E-state index in [2.05, 4.69) is 21.6 Å². The number of aromatic nitrogens is 1. The summed E-state index contributed by atoms with van der Waals surface area (Å²) in [5, 5.41) is 0.486. The van der Waals surface area contributed by atoms with E-state index < -0.39 is 10.0 Å². The summed E-state index contributed by atoms with van der Waals surface area (Å²) in [5.41, 5.74) is 1.07. The highest BCUT2D eigenvalue weighted by Crippen LogP contribution is 2.26. The maximum absolute atomic E-state index is 12.8. The lowest BCUT2D eigenvalue weighted by Crippen LogP contribution is -2.48. The molecule has 0 bridgehead atoms. The molecule has 1 aromatic heterocycles. The molecule has 1 atom stereocenters. The van der Waals surface area contributed by atoms with Crippen LogP contribution in [-0.2, 0) is 17.1 Å². The third-order valence-corrected chi connectivity index (χ3v) is 7.09. The van der Waals surface area contributed by atoms with Gasteiger partial charge in [0.25, 0.3) is 0 Å². The topological polar surface area (TPSA) is 57.6 Å². The molecule has 0 spiro atoms. The molecule has 0 saturated carbocycles. The summed E-state index contributed by atoms with van der Waals surface area (Å²) >= 11 is 12.0. The minimum absolute atomic E-state index is 0.000625. The summed E-state index contributed by atoms with van der Waals surface area (Å²) in [6, 6.07) is 8.38. The van der Waals surface area contributed by atoms with E-state index in [0.29, 0.717) is 5.02 Å². The first kappa shape index (κ1) is 20.6. The van der Waals surface area contributed by atoms with Crippen LogP contribution in [0.25, 0.3) is 0 Å². The average molecular weight is 431 g/mol. The highest BCUT2D eigenvalue weighted by molar-refractivity contribution is 7.89. The van der Waals surface area contributed by atoms with Crippen LogP contribution in [0, 0.1) is 0 Å². The van der Waals surface area contributed by atoms with Crippen LogP contribution in [0.1, 0.15) is 11.7 Å². The molecular formula is C18H24Cl2N4O2S. The molecule has 1 aliphatic heterocycles. The Morgan fingerprint density at radius 3 is 2.44 bits per heavy atom. The summed E-state index contributed by atoms with van der Waals surface area (Å²) < 4.78 is 30.4. The molecule has 1 aliphatic rings. The molecule has 1 fully saturated rings. The number of likely N-dealkylation sites (N-methyl/N-ethyl adjacent to an activating group) is 1. The number of nitrogens with zero attached hydrogens (tertiary/aromatic N) is 3. The van der Waals surface area contributed by atoms with Gasteiger partial charge in [-0.2, -0.15) is 0 Å². The zero-order chi connectivity index (χ0) is 19.6. The zero-order valence-corrected chi connectivity index (χ0v) is 17.7. The monoisotopic (exact) mass is 430 g/mol. The number of hydrogen-bond acceptors (Lipinski definition) is 4. The Labute approximate surface area is 170 Å². The molecule has 2 heterocycles. The molecule has 6 nitrogen and oxygen atoms in total. The standard InChI is InChI=1S/C18H24Cl2N4O2S/c1-22-8-10-24(11-9-22)17(16-4-3-7-23(16)2)13-21-27(25,26)18-12-14(19)5-6-15(18)20/h3-7,12,17,21H,8-11,13H2,1-2H3. The zero-order valence-electron chi connectivity index (χ0n) is 15.4. The number of benzene rings is 1. The molecule has 9 heteroatoms. The summed E-state index contributed by atoms with van der Waals surface area (Å²) in [7, 11) is 0.294. The minimum Gasteiger partial charge on any atom is -0.353 e. The number of aryl methyl sites for hydroxylation is 1. The highest BCUT2D eigenvalue weighted by Gasteiger charge is 2.28. The Morgan fingerprint density at radius 1 is 1.11 bits per heavy atom. The third-order valence-electron chi connectivity index (χ3n) is 4.95. The normalized spacial score (nSPS) is 17.9. The van der Waals surface area contributed by atoms with Crippen molar-refractivity contribution < 1.29 is 8.42 Å². The van der Waals surface area contributed by atoms with Crippen molar-refractivity contribution in [1.82, 2.24) is 19.1 Å². The number of nitrogens with one attached hydrogen (secondary N) is 1. The predicted octanol–water partition coefficient (Wildman–Crippen LogP) is 2.60. The second-order valence-electron chi connectivity index (χ2n) is 6.83. The molecule has 1 unspecified atom stereocenters. The van der Waals surface area contributed by atoms with E-state index in [1.54, 1.807) is 6.07 Å². The van der Waals surface area contributed by atoms with Crippen molar-refractivity contribution in [2.24, 2.45) is 7.05 Å². The van der Waals surface area contributed by atoms with Gasteiger partial charge in [-0.15, -0.1) is 0 Å². The number of piperazine rings is 1. The van der Waals surface area contributed by atoms with Crippen molar-refractivity contribution in [3.8, 4) is 0 Å². The van der Waals surface area contributed by atoms with Gasteiger partial charge in [-0.05, 0) is 37.4 Å². The third kappa shape index (κ3) is 4.85. The lowest BCUT2D eigenvalue weighted by atomic mass is 10.1. The minimum atomic E-state index is -3.77. The van der Waals surface area contributed by atoms with Gasteiger partial charge in [0.05, 0.1) is 11.1 Å². The fourth-order valence-electron chi connectivity index (χ4n) is 3.32. The van der Waals surface area contributed by atoms with Gasteiger partial charge in [0.1, 0.15) is 4.90 Å². The van der Waals surface area contributed by atoms with Crippen LogP contribution < -0.4 is 4.72 Å². The van der Waals surface area contributed by atoms with Crippen molar-refractivity contribution in [3.63, 3.8) is 0 Å². The van der Waals surface area contributed by atoms with Crippen molar-refractivity contribution in [1.29, 1.82) is 0 Å². The van der Waals surface area contributed by atoms with E-state index in [1.165, 1.54) is 12.1 Å². The molecule has 2 aromatic rings. The lowest BCUT2D eigenvalue weighted by molar-refractivity contribution is 0.109. The van der Waals surface area contributed by atoms with Crippen LogP contribution in [0.4, 0.5) is 0 Å². The van der Waals surface area contributed by atoms with Crippen molar-refractivity contribution in [2.45, 2.75) is 10.9 Å². The first-order chi connectivity index (χ1) is 12.8. The molecular weight excluding hydrogens is 407 g/mol. The fraction of sp³-hybridized carbons (Fsp3) is 0.444. The Kier molecular flexibility index (Phi) is 6.50. The SMILES string of the molecule is CN1CCN(C(CNS(=O)(=O)c2cc(Cl)ccc2Cl)c2cccn2C)CC1. The molecule has 0 aliphatic carbocycles. The first-order valence-electron chi connectivity index (χ1n) is 8.76. The Morgan fingerprint density at radius 2 is 1.81 bits per heavy atom. The van der Waals surface area contributed by atoms with Crippen LogP contribution in [-0.4, -0.2) is 62.6 Å². The molecule has 148 valence electrons. The van der Waals surface area contributed by atoms with Gasteiger partial charge in [0.2, 0.25) is 10.0 Å². The molecule has 0 radical (unpaired) electrons. The molecule has 27 heavy (non-hydrogen) atoms. The van der Waals surface area contributed by atoms with E-state index in [9.17, 15) is 8.42 Å². The number of hydrogen-bond donors (Lipinski definition) is 1. The largest absolute Gasteiger partial charge is 0.353 e. The van der Waals surface area contributed by atoms with Gasteiger partial charge < -0.3 is 9.47 Å². The molecule has 1 saturated heterocycles. The van der Waals surface area contributed by atoms with Gasteiger partial charge in [-0.25, -0.2) is 13.1 Å². The van der Waals surface area contributed by atoms with Crippen LogP contribution in [0.15, 0.2) is 41.4 Å². The molecule has 1 N–H and O–H groups in total. The van der Waals surface area contributed by atoms with Gasteiger partial charge in [-0.3, -0.25) is 4.90 Å². The summed E-state index contributed by atoms with van der Waals surface area (Å²) in [6.45, 7) is 3.92. The predicted molar refractivity (Wildman–Crippen MR) is 109 cm³/mol. The van der Waals surface area contributed by atoms with Crippen molar-refractivity contribution in [3.05, 3.63) is 52.3 Å². The quantitative estimate of drug-likeness (QED) is 0.764. The van der Waals surface area contributed by atoms with Gasteiger partial charge >= 0.3 is 0 Å². The maximum atomic E-state index is 12.8. The van der Waals surface area contributed by atoms with Crippen LogP contribution in [0.3, 0.4) is 0 Å². The maximum Gasteiger partial charge on any atom is 0.242 e. The second kappa shape index (κ2) is 8.51. The number of sulfonamides is 1. The Balaban J connectivity index is 1.82. The smallest absolute Gasteiger partial charge is 0.242 e. The van der Waals surface area contributed by atoms with Crippen molar-refractivity contribution in [2.75, 3.05) is 39.8 Å². The molecule has 1 aromatic carbocycles. The first-order valence-corrected chi connectivity index (χ1v) is 11.0. The number of halogens is 2. The van der Waals surface area contributed by atoms with Crippen LogP contribution in [0.2, 0.25) is 10.0 Å². The summed E-state index contributed by atoms with van der Waals surface area (Å²) in [5.74, 6) is 0. The van der Waals surface area contributed by atoms with Crippen LogP contribution in [0.5, 0.6) is 0 Å². The van der Waals surface area contributed by atoms with E-state index in [-0.39, 0.29) is 22.5 Å². The van der Waals surface area contributed by atoms with Gasteiger partial charge in [-0.1, -0.05) is 23.2 Å². The van der Waals surface area contributed by atoms with Crippen molar-refractivity contribution >= 4 is 33.2 Å². The summed E-state index contributed by atoms with van der Waals surface area (Å²) in [4.78, 5) is 4.59. The van der Waals surface area contributed by atoms with E-state index in [4.69, 9.17) is 23.2 Å². The summed E-state index contributed by atoms with van der Waals surface area (Å²) in [6.07, 6.45) is 1.97. The Hall–Kier alpha value is -1.09. The van der Waals surface area contributed by atoms with Gasteiger partial charge in [0, 0.05) is 56.7 Å². The van der Waals surface area contributed by atoms with E-state index in [0.717, 1.165) is 31.9 Å². The second-order valence-corrected chi connectivity index (χ2v) is 9.40. The lowest BCUT2D eigenvalue weighted by Gasteiger charge is -2.38. The molecule has 3 rings (SSSR count). The fourth-order valence-corrected chi connectivity index (χ4v) is 5.12. The highest BCUT2D eigenvalue weighted by atomic mass is 35.5. The Bertz CT molecular complexity index is 893. The number of rotatable bonds is 6. The van der Waals surface area contributed by atoms with Crippen LogP contribution >= 0.6 is 23.2 Å². The van der Waals surface area contributed by atoms with Gasteiger partial charge in [0.15, 0.2) is 0 Å². The molecule has 0 amide bonds. The van der Waals surface area contributed by atoms with E-state index >= 15 is 0 Å².